The van der Waals surface area contributed by atoms with Crippen molar-refractivity contribution in [3.8, 4) is 0 Å². The first-order valence-electron chi connectivity index (χ1n) is 5.87. The Morgan fingerprint density at radius 1 is 1.47 bits per heavy atom. The summed E-state index contributed by atoms with van der Waals surface area (Å²) in [6, 6.07) is 6.05. The summed E-state index contributed by atoms with van der Waals surface area (Å²) in [5.74, 6) is -0.0595. The van der Waals surface area contributed by atoms with Crippen LogP contribution < -0.4 is 10.6 Å². The van der Waals surface area contributed by atoms with Crippen molar-refractivity contribution in [2.45, 2.75) is 19.4 Å². The van der Waals surface area contributed by atoms with E-state index in [0.29, 0.717) is 11.6 Å². The van der Waals surface area contributed by atoms with E-state index in [1.165, 1.54) is 0 Å². The first-order chi connectivity index (χ1) is 8.20. The number of amides is 1. The van der Waals surface area contributed by atoms with Crippen molar-refractivity contribution >= 4 is 11.6 Å². The Hall–Kier alpha value is -1.55. The minimum atomic E-state index is -0.0595. The summed E-state index contributed by atoms with van der Waals surface area (Å²) >= 11 is 0. The molecule has 1 heterocycles. The molecule has 92 valence electrons. The maximum atomic E-state index is 11.6. The third-order valence-electron chi connectivity index (χ3n) is 3.02. The van der Waals surface area contributed by atoms with Crippen LogP contribution in [0.2, 0.25) is 0 Å². The lowest BCUT2D eigenvalue weighted by Crippen LogP contribution is -2.21. The van der Waals surface area contributed by atoms with Gasteiger partial charge < -0.3 is 15.4 Å². The van der Waals surface area contributed by atoms with Gasteiger partial charge in [-0.25, -0.2) is 0 Å². The third kappa shape index (κ3) is 2.77. The molecule has 4 nitrogen and oxygen atoms in total. The number of hydrogen-bond acceptors (Lipinski definition) is 3. The largest absolute Gasteiger partial charge is 0.380 e. The Bertz CT molecular complexity index is 412. The zero-order valence-electron chi connectivity index (χ0n) is 10.2. The van der Waals surface area contributed by atoms with Crippen LogP contribution in [0.4, 0.5) is 5.69 Å². The Morgan fingerprint density at radius 3 is 2.94 bits per heavy atom. The van der Waals surface area contributed by atoms with E-state index in [2.05, 4.69) is 10.6 Å². The van der Waals surface area contributed by atoms with E-state index in [1.807, 2.05) is 25.1 Å². The SMILES string of the molecule is CNC(=O)c1ccc(C)c(NC2CCOC2)c1. The zero-order chi connectivity index (χ0) is 12.3. The molecule has 1 aromatic carbocycles. The first kappa shape index (κ1) is 11.9. The fourth-order valence-electron chi connectivity index (χ4n) is 1.93. The quantitative estimate of drug-likeness (QED) is 0.834. The van der Waals surface area contributed by atoms with Gasteiger partial charge in [-0.3, -0.25) is 4.79 Å². The van der Waals surface area contributed by atoms with Crippen LogP contribution in [0.3, 0.4) is 0 Å². The highest BCUT2D eigenvalue weighted by Crippen LogP contribution is 2.20. The van der Waals surface area contributed by atoms with Gasteiger partial charge in [-0.2, -0.15) is 0 Å². The lowest BCUT2D eigenvalue weighted by Gasteiger charge is -2.15. The van der Waals surface area contributed by atoms with Gasteiger partial charge in [0.05, 0.1) is 12.6 Å². The number of aryl methyl sites for hydroxylation is 1. The number of carbonyl (C=O) groups is 1. The van der Waals surface area contributed by atoms with E-state index in [1.54, 1.807) is 7.05 Å². The molecule has 1 unspecified atom stereocenters. The summed E-state index contributed by atoms with van der Waals surface area (Å²) in [4.78, 5) is 11.6. The summed E-state index contributed by atoms with van der Waals surface area (Å²) in [6.07, 6.45) is 1.02. The van der Waals surface area contributed by atoms with Gasteiger partial charge in [0.2, 0.25) is 0 Å². The number of carbonyl (C=O) groups excluding carboxylic acids is 1. The van der Waals surface area contributed by atoms with E-state index in [0.717, 1.165) is 30.9 Å². The summed E-state index contributed by atoms with van der Waals surface area (Å²) in [7, 11) is 1.64. The molecule has 17 heavy (non-hydrogen) atoms. The number of ether oxygens (including phenoxy) is 1. The summed E-state index contributed by atoms with van der Waals surface area (Å²) < 4.78 is 5.33. The molecule has 0 radical (unpaired) electrons. The van der Waals surface area contributed by atoms with Crippen LogP contribution in [-0.4, -0.2) is 32.2 Å². The van der Waals surface area contributed by atoms with Crippen LogP contribution in [0.25, 0.3) is 0 Å². The van der Waals surface area contributed by atoms with Crippen LogP contribution >= 0.6 is 0 Å². The van der Waals surface area contributed by atoms with Crippen molar-refractivity contribution in [2.24, 2.45) is 0 Å². The summed E-state index contributed by atoms with van der Waals surface area (Å²) in [5.41, 5.74) is 2.84. The minimum Gasteiger partial charge on any atom is -0.380 e. The first-order valence-corrected chi connectivity index (χ1v) is 5.87. The molecular weight excluding hydrogens is 216 g/mol. The molecule has 1 aliphatic heterocycles. The van der Waals surface area contributed by atoms with E-state index in [9.17, 15) is 4.79 Å². The van der Waals surface area contributed by atoms with E-state index in [-0.39, 0.29) is 5.91 Å². The molecule has 0 aromatic heterocycles. The average Bonchev–Trinajstić information content (AvgIpc) is 2.84. The molecule has 0 bridgehead atoms. The molecular formula is C13H18N2O2. The maximum Gasteiger partial charge on any atom is 0.251 e. The van der Waals surface area contributed by atoms with Crippen LogP contribution in [-0.2, 0) is 4.74 Å². The monoisotopic (exact) mass is 234 g/mol. The maximum absolute atomic E-state index is 11.6. The van der Waals surface area contributed by atoms with E-state index in [4.69, 9.17) is 4.74 Å². The highest BCUT2D eigenvalue weighted by atomic mass is 16.5. The molecule has 1 amide bonds. The Kier molecular flexibility index (Phi) is 3.64. The van der Waals surface area contributed by atoms with Gasteiger partial charge in [0, 0.05) is 24.9 Å². The normalized spacial score (nSPS) is 19.1. The highest BCUT2D eigenvalue weighted by Gasteiger charge is 2.16. The van der Waals surface area contributed by atoms with Gasteiger partial charge in [-0.1, -0.05) is 6.07 Å². The molecule has 1 aromatic rings. The lowest BCUT2D eigenvalue weighted by molar-refractivity contribution is 0.0963. The van der Waals surface area contributed by atoms with Crippen LogP contribution in [0.5, 0.6) is 0 Å². The smallest absolute Gasteiger partial charge is 0.251 e. The van der Waals surface area contributed by atoms with Gasteiger partial charge in [0.25, 0.3) is 5.91 Å². The summed E-state index contributed by atoms with van der Waals surface area (Å²) in [5, 5.41) is 6.05. The van der Waals surface area contributed by atoms with Crippen molar-refractivity contribution in [3.05, 3.63) is 29.3 Å². The summed E-state index contributed by atoms with van der Waals surface area (Å²) in [6.45, 7) is 3.58. The van der Waals surface area contributed by atoms with Crippen LogP contribution in [0.15, 0.2) is 18.2 Å². The van der Waals surface area contributed by atoms with Crippen molar-refractivity contribution < 1.29 is 9.53 Å². The third-order valence-corrected chi connectivity index (χ3v) is 3.02. The molecule has 4 heteroatoms. The second kappa shape index (κ2) is 5.19. The Labute approximate surface area is 101 Å². The van der Waals surface area contributed by atoms with E-state index < -0.39 is 0 Å². The fourth-order valence-corrected chi connectivity index (χ4v) is 1.93. The van der Waals surface area contributed by atoms with Gasteiger partial charge in [-0.05, 0) is 31.0 Å². The molecule has 1 saturated heterocycles. The zero-order valence-corrected chi connectivity index (χ0v) is 10.2. The second-order valence-corrected chi connectivity index (χ2v) is 4.31. The lowest BCUT2D eigenvalue weighted by atomic mass is 10.1. The number of nitrogens with one attached hydrogen (secondary N) is 2. The van der Waals surface area contributed by atoms with Gasteiger partial charge >= 0.3 is 0 Å². The van der Waals surface area contributed by atoms with Crippen LogP contribution in [0.1, 0.15) is 22.3 Å². The predicted molar refractivity (Wildman–Crippen MR) is 67.4 cm³/mol. The van der Waals surface area contributed by atoms with Gasteiger partial charge in [-0.15, -0.1) is 0 Å². The van der Waals surface area contributed by atoms with E-state index >= 15 is 0 Å². The van der Waals surface area contributed by atoms with Gasteiger partial charge in [0.15, 0.2) is 0 Å². The minimum absolute atomic E-state index is 0.0595. The molecule has 2 N–H and O–H groups in total. The highest BCUT2D eigenvalue weighted by molar-refractivity contribution is 5.95. The Morgan fingerprint density at radius 2 is 2.29 bits per heavy atom. The standard InChI is InChI=1S/C13H18N2O2/c1-9-3-4-10(13(16)14-2)7-12(9)15-11-5-6-17-8-11/h3-4,7,11,15H,5-6,8H2,1-2H3,(H,14,16). The molecule has 0 aliphatic carbocycles. The molecule has 0 spiro atoms. The molecule has 2 rings (SSSR count). The second-order valence-electron chi connectivity index (χ2n) is 4.31. The number of benzene rings is 1. The average molecular weight is 234 g/mol. The predicted octanol–water partition coefficient (Wildman–Crippen LogP) is 1.56. The number of anilines is 1. The van der Waals surface area contributed by atoms with Crippen molar-refractivity contribution in [1.29, 1.82) is 0 Å². The molecule has 1 atom stereocenters. The van der Waals surface area contributed by atoms with Crippen molar-refractivity contribution in [1.82, 2.24) is 5.32 Å². The molecule has 1 fully saturated rings. The molecule has 1 aliphatic rings. The molecule has 0 saturated carbocycles. The Balaban J connectivity index is 2.16. The number of rotatable bonds is 3. The topological polar surface area (TPSA) is 50.4 Å². The van der Waals surface area contributed by atoms with Crippen molar-refractivity contribution in [2.75, 3.05) is 25.6 Å². The van der Waals surface area contributed by atoms with Crippen molar-refractivity contribution in [3.63, 3.8) is 0 Å². The van der Waals surface area contributed by atoms with Gasteiger partial charge in [0.1, 0.15) is 0 Å². The number of hydrogen-bond donors (Lipinski definition) is 2. The van der Waals surface area contributed by atoms with Crippen LogP contribution in [0, 0.1) is 6.92 Å². The fraction of sp³-hybridized carbons (Fsp3) is 0.462.